The standard InChI is InChI=1S/C23H28/c1-14-11-12-15(2)21(13-14)19-9-8-10-20(19)22-17(4)16(3)18(5)23(22,6)7/h9-13H,8H2,1-7H3. The Bertz CT molecular complexity index is 804. The van der Waals surface area contributed by atoms with Crippen molar-refractivity contribution in [3.05, 3.63) is 74.9 Å². The molecule has 0 N–H and O–H groups in total. The summed E-state index contributed by atoms with van der Waals surface area (Å²) in [5.41, 5.74) is 13.1. The van der Waals surface area contributed by atoms with Crippen LogP contribution in [0.3, 0.4) is 0 Å². The fourth-order valence-electron chi connectivity index (χ4n) is 4.16. The molecule has 120 valence electrons. The lowest BCUT2D eigenvalue weighted by Crippen LogP contribution is -2.15. The maximum Gasteiger partial charge on any atom is 0.0117 e. The molecule has 0 aliphatic heterocycles. The Morgan fingerprint density at radius 1 is 0.826 bits per heavy atom. The van der Waals surface area contributed by atoms with Gasteiger partial charge < -0.3 is 0 Å². The molecule has 23 heavy (non-hydrogen) atoms. The zero-order chi connectivity index (χ0) is 16.9. The Morgan fingerprint density at radius 3 is 2.09 bits per heavy atom. The quantitative estimate of drug-likeness (QED) is 0.569. The van der Waals surface area contributed by atoms with Gasteiger partial charge in [0, 0.05) is 5.41 Å². The lowest BCUT2D eigenvalue weighted by Gasteiger charge is -2.28. The van der Waals surface area contributed by atoms with Crippen LogP contribution in [0.15, 0.2) is 58.2 Å². The van der Waals surface area contributed by atoms with Crippen LogP contribution in [-0.4, -0.2) is 0 Å². The summed E-state index contributed by atoms with van der Waals surface area (Å²) in [5, 5.41) is 0. The molecule has 0 amide bonds. The maximum absolute atomic E-state index is 2.42. The van der Waals surface area contributed by atoms with Gasteiger partial charge in [-0.25, -0.2) is 0 Å². The summed E-state index contributed by atoms with van der Waals surface area (Å²) >= 11 is 0. The lowest BCUT2D eigenvalue weighted by atomic mass is 9.75. The van der Waals surface area contributed by atoms with Crippen LogP contribution in [0.5, 0.6) is 0 Å². The molecule has 0 saturated carbocycles. The first-order valence-corrected chi connectivity index (χ1v) is 8.63. The normalized spacial score (nSPS) is 20.3. The van der Waals surface area contributed by atoms with Gasteiger partial charge in [0.15, 0.2) is 0 Å². The molecule has 0 aromatic heterocycles. The Morgan fingerprint density at radius 2 is 1.48 bits per heavy atom. The van der Waals surface area contributed by atoms with Gasteiger partial charge in [-0.2, -0.15) is 0 Å². The van der Waals surface area contributed by atoms with Gasteiger partial charge in [0.05, 0.1) is 0 Å². The van der Waals surface area contributed by atoms with Crippen LogP contribution in [0.2, 0.25) is 0 Å². The Kier molecular flexibility index (Phi) is 3.75. The monoisotopic (exact) mass is 304 g/mol. The molecule has 0 fully saturated rings. The van der Waals surface area contributed by atoms with Crippen molar-refractivity contribution in [3.63, 3.8) is 0 Å². The van der Waals surface area contributed by atoms with Gasteiger partial charge in [-0.3, -0.25) is 0 Å². The van der Waals surface area contributed by atoms with Crippen molar-refractivity contribution in [1.29, 1.82) is 0 Å². The van der Waals surface area contributed by atoms with Crippen LogP contribution >= 0.6 is 0 Å². The highest BCUT2D eigenvalue weighted by molar-refractivity contribution is 5.89. The van der Waals surface area contributed by atoms with Crippen LogP contribution in [0.4, 0.5) is 0 Å². The third-order valence-corrected chi connectivity index (χ3v) is 5.95. The molecule has 0 saturated heterocycles. The van der Waals surface area contributed by atoms with Gasteiger partial charge in [-0.05, 0) is 80.0 Å². The van der Waals surface area contributed by atoms with Crippen molar-refractivity contribution >= 4 is 5.57 Å². The number of hydrogen-bond acceptors (Lipinski definition) is 0. The van der Waals surface area contributed by atoms with E-state index in [1.165, 1.54) is 50.1 Å². The SMILES string of the molecule is CC1=C(C)C(C)(C)C(C2=CCC=C2c2cc(C)ccc2C)=C1C. The van der Waals surface area contributed by atoms with Crippen LogP contribution in [0.1, 0.15) is 57.7 Å². The van der Waals surface area contributed by atoms with Gasteiger partial charge in [-0.1, -0.05) is 55.3 Å². The number of hydrogen-bond donors (Lipinski definition) is 0. The molecule has 0 heterocycles. The summed E-state index contributed by atoms with van der Waals surface area (Å²) in [6, 6.07) is 6.79. The minimum atomic E-state index is 0.126. The second-order valence-corrected chi connectivity index (χ2v) is 7.66. The van der Waals surface area contributed by atoms with Crippen LogP contribution in [0, 0.1) is 19.3 Å². The van der Waals surface area contributed by atoms with Crippen molar-refractivity contribution in [3.8, 4) is 0 Å². The molecule has 0 atom stereocenters. The predicted octanol–water partition coefficient (Wildman–Crippen LogP) is 6.71. The average Bonchev–Trinajstić information content (AvgIpc) is 3.01. The summed E-state index contributed by atoms with van der Waals surface area (Å²) in [6.45, 7) is 16.0. The molecule has 0 spiro atoms. The van der Waals surface area contributed by atoms with Crippen molar-refractivity contribution < 1.29 is 0 Å². The molecular weight excluding hydrogens is 276 g/mol. The fraction of sp³-hybridized carbons (Fsp3) is 0.391. The van der Waals surface area contributed by atoms with Gasteiger partial charge >= 0.3 is 0 Å². The summed E-state index contributed by atoms with van der Waals surface area (Å²) < 4.78 is 0. The van der Waals surface area contributed by atoms with E-state index >= 15 is 0 Å². The summed E-state index contributed by atoms with van der Waals surface area (Å²) in [6.07, 6.45) is 5.86. The Hall–Kier alpha value is -1.82. The van der Waals surface area contributed by atoms with Crippen molar-refractivity contribution in [2.75, 3.05) is 0 Å². The fourth-order valence-corrected chi connectivity index (χ4v) is 4.16. The second-order valence-electron chi connectivity index (χ2n) is 7.66. The molecule has 2 aliphatic rings. The minimum Gasteiger partial charge on any atom is -0.0725 e. The topological polar surface area (TPSA) is 0 Å². The Labute approximate surface area is 141 Å². The number of allylic oxidation sites excluding steroid dienone is 8. The van der Waals surface area contributed by atoms with E-state index in [0.717, 1.165) is 6.42 Å². The maximum atomic E-state index is 2.42. The molecule has 3 rings (SSSR count). The smallest absolute Gasteiger partial charge is 0.0117 e. The summed E-state index contributed by atoms with van der Waals surface area (Å²) in [7, 11) is 0. The summed E-state index contributed by atoms with van der Waals surface area (Å²) in [4.78, 5) is 0. The van der Waals surface area contributed by atoms with Gasteiger partial charge in [0.25, 0.3) is 0 Å². The van der Waals surface area contributed by atoms with Crippen LogP contribution in [-0.2, 0) is 0 Å². The highest BCUT2D eigenvalue weighted by atomic mass is 14.4. The molecule has 0 unspecified atom stereocenters. The van der Waals surface area contributed by atoms with E-state index in [1.807, 2.05) is 0 Å². The lowest BCUT2D eigenvalue weighted by molar-refractivity contribution is 0.557. The molecule has 0 nitrogen and oxygen atoms in total. The molecule has 2 aliphatic carbocycles. The van der Waals surface area contributed by atoms with E-state index in [2.05, 4.69) is 78.8 Å². The average molecular weight is 304 g/mol. The summed E-state index contributed by atoms with van der Waals surface area (Å²) in [5.74, 6) is 0. The highest BCUT2D eigenvalue weighted by Crippen LogP contribution is 2.53. The largest absolute Gasteiger partial charge is 0.0725 e. The zero-order valence-corrected chi connectivity index (χ0v) is 15.6. The molecule has 0 radical (unpaired) electrons. The van der Waals surface area contributed by atoms with E-state index in [4.69, 9.17) is 0 Å². The molecule has 0 heteroatoms. The van der Waals surface area contributed by atoms with E-state index in [0.29, 0.717) is 0 Å². The number of benzene rings is 1. The van der Waals surface area contributed by atoms with Gasteiger partial charge in [0.1, 0.15) is 0 Å². The molecular formula is C23H28. The number of aryl methyl sites for hydroxylation is 2. The minimum absolute atomic E-state index is 0.126. The molecule has 0 bridgehead atoms. The van der Waals surface area contributed by atoms with Crippen molar-refractivity contribution in [2.45, 2.75) is 54.9 Å². The Balaban J connectivity index is 2.13. The molecule has 1 aromatic carbocycles. The van der Waals surface area contributed by atoms with Crippen molar-refractivity contribution in [1.82, 2.24) is 0 Å². The van der Waals surface area contributed by atoms with Gasteiger partial charge in [-0.15, -0.1) is 0 Å². The molecule has 1 aromatic rings. The third kappa shape index (κ3) is 2.36. The second kappa shape index (κ2) is 5.37. The van der Waals surface area contributed by atoms with Crippen LogP contribution < -0.4 is 0 Å². The third-order valence-electron chi connectivity index (χ3n) is 5.95. The van der Waals surface area contributed by atoms with E-state index in [-0.39, 0.29) is 5.41 Å². The van der Waals surface area contributed by atoms with E-state index in [9.17, 15) is 0 Å². The first-order chi connectivity index (χ1) is 10.7. The first kappa shape index (κ1) is 16.1. The van der Waals surface area contributed by atoms with E-state index in [1.54, 1.807) is 0 Å². The number of rotatable bonds is 2. The predicted molar refractivity (Wildman–Crippen MR) is 101 cm³/mol. The van der Waals surface area contributed by atoms with Crippen LogP contribution in [0.25, 0.3) is 5.57 Å². The van der Waals surface area contributed by atoms with Crippen molar-refractivity contribution in [2.24, 2.45) is 5.41 Å². The zero-order valence-electron chi connectivity index (χ0n) is 15.6. The van der Waals surface area contributed by atoms with E-state index < -0.39 is 0 Å². The highest BCUT2D eigenvalue weighted by Gasteiger charge is 2.37. The van der Waals surface area contributed by atoms with Gasteiger partial charge in [0.2, 0.25) is 0 Å². The first-order valence-electron chi connectivity index (χ1n) is 8.63.